The third-order valence-electron chi connectivity index (χ3n) is 5.98. The van der Waals surface area contributed by atoms with Gasteiger partial charge in [0.1, 0.15) is 0 Å². The number of halogens is 1. The summed E-state index contributed by atoms with van der Waals surface area (Å²) in [4.78, 5) is 31.1. The molecule has 0 aromatic heterocycles. The predicted molar refractivity (Wildman–Crippen MR) is 130 cm³/mol. The fourth-order valence-corrected chi connectivity index (χ4v) is 4.51. The minimum absolute atomic E-state index is 0.0439. The van der Waals surface area contributed by atoms with Crippen LogP contribution in [-0.2, 0) is 4.79 Å². The summed E-state index contributed by atoms with van der Waals surface area (Å²) >= 11 is 6.51. The minimum Gasteiger partial charge on any atom is -0.370 e. The van der Waals surface area contributed by atoms with Crippen molar-refractivity contribution >= 4 is 40.6 Å². The van der Waals surface area contributed by atoms with E-state index in [1.54, 1.807) is 4.90 Å². The lowest BCUT2D eigenvalue weighted by molar-refractivity contribution is -0.117. The third-order valence-corrected chi connectivity index (χ3v) is 6.28. The molecule has 0 radical (unpaired) electrons. The summed E-state index contributed by atoms with van der Waals surface area (Å²) in [6, 6.07) is 15.0. The molecular weight excluding hydrogens is 426 g/mol. The number of hydrogen-bond donors (Lipinski definition) is 2. The second-order valence-corrected chi connectivity index (χ2v) is 8.73. The van der Waals surface area contributed by atoms with E-state index < -0.39 is 0 Å². The molecule has 0 aliphatic carbocycles. The molecule has 0 unspecified atom stereocenters. The highest BCUT2D eigenvalue weighted by Gasteiger charge is 2.23. The number of piperidine rings is 1. The van der Waals surface area contributed by atoms with Gasteiger partial charge in [-0.25, -0.2) is 4.79 Å². The van der Waals surface area contributed by atoms with Crippen molar-refractivity contribution in [2.45, 2.75) is 19.3 Å². The number of piperazine rings is 1. The Hall–Kier alpha value is -2.77. The topological polar surface area (TPSA) is 67.9 Å². The summed E-state index contributed by atoms with van der Waals surface area (Å²) in [5.41, 5.74) is 2.53. The van der Waals surface area contributed by atoms with E-state index in [9.17, 15) is 9.59 Å². The van der Waals surface area contributed by atoms with Gasteiger partial charge in [-0.1, -0.05) is 29.8 Å². The maximum absolute atomic E-state index is 12.7. The monoisotopic (exact) mass is 455 g/mol. The van der Waals surface area contributed by atoms with Crippen LogP contribution < -0.4 is 15.5 Å². The second-order valence-electron chi connectivity index (χ2n) is 8.32. The molecule has 32 heavy (non-hydrogen) atoms. The molecule has 0 saturated carbocycles. The normalized spacial score (nSPS) is 17.2. The first-order chi connectivity index (χ1) is 15.6. The smallest absolute Gasteiger partial charge is 0.321 e. The highest BCUT2D eigenvalue weighted by molar-refractivity contribution is 6.33. The van der Waals surface area contributed by atoms with Crippen LogP contribution in [0.1, 0.15) is 19.3 Å². The Morgan fingerprint density at radius 3 is 2.22 bits per heavy atom. The standard InChI is InChI=1S/C24H30ClN5O2/c25-21-17-20(9-10-22(21)29-11-5-2-6-12-29)27-24(32)30-15-13-28(14-16-30)18-23(31)26-19-7-3-1-4-8-19/h1,3-4,7-10,17H,2,5-6,11-16,18H2,(H,26,31)(H,27,32). The van der Waals surface area contributed by atoms with Crippen molar-refractivity contribution in [2.24, 2.45) is 0 Å². The van der Waals surface area contributed by atoms with Gasteiger partial charge in [-0.2, -0.15) is 0 Å². The van der Waals surface area contributed by atoms with Crippen molar-refractivity contribution < 1.29 is 9.59 Å². The molecule has 8 heteroatoms. The van der Waals surface area contributed by atoms with Crippen LogP contribution >= 0.6 is 11.6 Å². The molecule has 2 aliphatic rings. The lowest BCUT2D eigenvalue weighted by atomic mass is 10.1. The molecule has 170 valence electrons. The van der Waals surface area contributed by atoms with Crippen molar-refractivity contribution in [3.05, 3.63) is 53.6 Å². The lowest BCUT2D eigenvalue weighted by Gasteiger charge is -2.34. The maximum atomic E-state index is 12.7. The summed E-state index contributed by atoms with van der Waals surface area (Å²) in [5, 5.41) is 6.52. The second kappa shape index (κ2) is 10.7. The van der Waals surface area contributed by atoms with E-state index in [4.69, 9.17) is 11.6 Å². The van der Waals surface area contributed by atoms with Gasteiger partial charge in [0.2, 0.25) is 5.91 Å². The number of amides is 3. The van der Waals surface area contributed by atoms with Crippen LogP contribution in [0.5, 0.6) is 0 Å². The summed E-state index contributed by atoms with van der Waals surface area (Å²) in [7, 11) is 0. The number of anilines is 3. The molecule has 4 rings (SSSR count). The van der Waals surface area contributed by atoms with E-state index in [1.165, 1.54) is 19.3 Å². The Morgan fingerprint density at radius 1 is 0.812 bits per heavy atom. The summed E-state index contributed by atoms with van der Waals surface area (Å²) in [5.74, 6) is -0.0439. The lowest BCUT2D eigenvalue weighted by Crippen LogP contribution is -2.51. The fourth-order valence-electron chi connectivity index (χ4n) is 4.21. The quantitative estimate of drug-likeness (QED) is 0.711. The van der Waals surface area contributed by atoms with E-state index in [1.807, 2.05) is 48.5 Å². The first-order valence-electron chi connectivity index (χ1n) is 11.3. The van der Waals surface area contributed by atoms with Crippen LogP contribution in [-0.4, -0.2) is 67.6 Å². The van der Waals surface area contributed by atoms with Crippen LogP contribution in [0.3, 0.4) is 0 Å². The largest absolute Gasteiger partial charge is 0.370 e. The minimum atomic E-state index is -0.139. The molecule has 2 fully saturated rings. The summed E-state index contributed by atoms with van der Waals surface area (Å²) < 4.78 is 0. The average Bonchev–Trinajstić information content (AvgIpc) is 2.81. The number of carbonyl (C=O) groups excluding carboxylic acids is 2. The number of carbonyl (C=O) groups is 2. The molecule has 3 amide bonds. The number of nitrogens with zero attached hydrogens (tertiary/aromatic N) is 3. The van der Waals surface area contributed by atoms with Gasteiger partial charge in [-0.05, 0) is 49.6 Å². The van der Waals surface area contributed by atoms with Crippen LogP contribution in [0.2, 0.25) is 5.02 Å². The van der Waals surface area contributed by atoms with Gasteiger partial charge < -0.3 is 20.4 Å². The van der Waals surface area contributed by atoms with Gasteiger partial charge in [-0.15, -0.1) is 0 Å². The highest BCUT2D eigenvalue weighted by atomic mass is 35.5. The van der Waals surface area contributed by atoms with E-state index in [2.05, 4.69) is 20.4 Å². The number of para-hydroxylation sites is 1. The Labute approximate surface area is 194 Å². The van der Waals surface area contributed by atoms with Gasteiger partial charge in [-0.3, -0.25) is 9.69 Å². The molecule has 0 atom stereocenters. The van der Waals surface area contributed by atoms with Gasteiger partial charge in [0.25, 0.3) is 0 Å². The van der Waals surface area contributed by atoms with Gasteiger partial charge in [0, 0.05) is 50.6 Å². The van der Waals surface area contributed by atoms with Crippen molar-refractivity contribution in [3.8, 4) is 0 Å². The molecule has 2 aromatic carbocycles. The zero-order chi connectivity index (χ0) is 22.3. The number of urea groups is 1. The zero-order valence-electron chi connectivity index (χ0n) is 18.2. The maximum Gasteiger partial charge on any atom is 0.321 e. The Bertz CT molecular complexity index is 925. The van der Waals surface area contributed by atoms with E-state index in [0.717, 1.165) is 24.5 Å². The molecule has 0 spiro atoms. The highest BCUT2D eigenvalue weighted by Crippen LogP contribution is 2.31. The van der Waals surface area contributed by atoms with E-state index >= 15 is 0 Å². The zero-order valence-corrected chi connectivity index (χ0v) is 19.0. The number of benzene rings is 2. The van der Waals surface area contributed by atoms with Gasteiger partial charge in [0.15, 0.2) is 0 Å². The van der Waals surface area contributed by atoms with E-state index in [0.29, 0.717) is 43.4 Å². The molecule has 7 nitrogen and oxygen atoms in total. The molecule has 2 aromatic rings. The van der Waals surface area contributed by atoms with Crippen molar-refractivity contribution in [1.82, 2.24) is 9.80 Å². The van der Waals surface area contributed by atoms with E-state index in [-0.39, 0.29) is 11.9 Å². The van der Waals surface area contributed by atoms with Crippen molar-refractivity contribution in [2.75, 3.05) is 61.3 Å². The van der Waals surface area contributed by atoms with Crippen LogP contribution in [0, 0.1) is 0 Å². The Kier molecular flexibility index (Phi) is 7.50. The van der Waals surface area contributed by atoms with Crippen LogP contribution in [0.15, 0.2) is 48.5 Å². The average molecular weight is 456 g/mol. The number of rotatable bonds is 5. The fraction of sp³-hybridized carbons (Fsp3) is 0.417. The van der Waals surface area contributed by atoms with Crippen molar-refractivity contribution in [3.63, 3.8) is 0 Å². The molecule has 2 saturated heterocycles. The number of nitrogens with one attached hydrogen (secondary N) is 2. The first kappa shape index (κ1) is 22.4. The third kappa shape index (κ3) is 5.93. The van der Waals surface area contributed by atoms with Gasteiger partial charge >= 0.3 is 6.03 Å². The molecule has 2 N–H and O–H groups in total. The van der Waals surface area contributed by atoms with Crippen LogP contribution in [0.4, 0.5) is 21.9 Å². The van der Waals surface area contributed by atoms with Crippen LogP contribution in [0.25, 0.3) is 0 Å². The van der Waals surface area contributed by atoms with Crippen molar-refractivity contribution in [1.29, 1.82) is 0 Å². The first-order valence-corrected chi connectivity index (χ1v) is 11.6. The van der Waals surface area contributed by atoms with Gasteiger partial charge in [0.05, 0.1) is 17.3 Å². The number of hydrogen-bond acceptors (Lipinski definition) is 4. The molecule has 2 heterocycles. The molecule has 0 bridgehead atoms. The Morgan fingerprint density at radius 2 is 1.53 bits per heavy atom. The predicted octanol–water partition coefficient (Wildman–Crippen LogP) is 4.12. The summed E-state index contributed by atoms with van der Waals surface area (Å²) in [6.07, 6.45) is 3.65. The molecule has 2 aliphatic heterocycles. The SMILES string of the molecule is O=C(CN1CCN(C(=O)Nc2ccc(N3CCCCC3)c(Cl)c2)CC1)Nc1ccccc1. The summed E-state index contributed by atoms with van der Waals surface area (Å²) in [6.45, 7) is 4.83. The molecular formula is C24H30ClN5O2. The Balaban J connectivity index is 1.24.